The molecule has 242 valence electrons. The number of aromatic nitrogens is 1. The second-order valence-electron chi connectivity index (χ2n) is 13.3. The van der Waals surface area contributed by atoms with Gasteiger partial charge < -0.3 is 13.8 Å². The molecule has 3 heteroatoms. The van der Waals surface area contributed by atoms with Crippen LogP contribution in [0.3, 0.4) is 0 Å². The van der Waals surface area contributed by atoms with Crippen molar-refractivity contribution < 1.29 is 8.83 Å². The number of aromatic amines is 1. The van der Waals surface area contributed by atoms with E-state index in [0.717, 1.165) is 76.8 Å². The molecule has 0 bridgehead atoms. The fourth-order valence-electron chi connectivity index (χ4n) is 7.81. The third kappa shape index (κ3) is 4.74. The maximum atomic E-state index is 6.39. The van der Waals surface area contributed by atoms with E-state index in [2.05, 4.69) is 152 Å². The van der Waals surface area contributed by atoms with Gasteiger partial charge in [0.25, 0.3) is 0 Å². The molecule has 0 radical (unpaired) electrons. The van der Waals surface area contributed by atoms with Gasteiger partial charge in [-0.3, -0.25) is 0 Å². The van der Waals surface area contributed by atoms with Gasteiger partial charge in [0, 0.05) is 43.2 Å². The molecular weight excluding hydrogens is 623 g/mol. The van der Waals surface area contributed by atoms with E-state index in [-0.39, 0.29) is 0 Å². The first-order valence-corrected chi connectivity index (χ1v) is 17.5. The Balaban J connectivity index is 1.04. The third-order valence-electron chi connectivity index (χ3n) is 10.4. The lowest BCUT2D eigenvalue weighted by molar-refractivity contribution is 0.572. The zero-order chi connectivity index (χ0) is 34.1. The molecule has 0 unspecified atom stereocenters. The van der Waals surface area contributed by atoms with Crippen molar-refractivity contribution in [2.75, 3.05) is 0 Å². The highest BCUT2D eigenvalue weighted by Crippen LogP contribution is 2.37. The summed E-state index contributed by atoms with van der Waals surface area (Å²) < 4.78 is 12.6. The van der Waals surface area contributed by atoms with Crippen LogP contribution in [0.1, 0.15) is 19.4 Å². The molecule has 0 aliphatic rings. The minimum Gasteiger partial charge on any atom is -0.456 e. The Morgan fingerprint density at radius 1 is 0.490 bits per heavy atom. The second-order valence-corrected chi connectivity index (χ2v) is 13.3. The van der Waals surface area contributed by atoms with Crippen LogP contribution in [0.15, 0.2) is 160 Å². The highest BCUT2D eigenvalue weighted by molar-refractivity contribution is 6.12. The van der Waals surface area contributed by atoms with Gasteiger partial charge in [0.2, 0.25) is 0 Å². The van der Waals surface area contributed by atoms with E-state index in [1.165, 1.54) is 33.0 Å². The Morgan fingerprint density at radius 2 is 1.12 bits per heavy atom. The van der Waals surface area contributed by atoms with Crippen LogP contribution in [0, 0.1) is 0 Å². The number of nitrogens with one attached hydrogen (secondary N) is 1. The van der Waals surface area contributed by atoms with Gasteiger partial charge in [-0.2, -0.15) is 0 Å². The summed E-state index contributed by atoms with van der Waals surface area (Å²) in [6.07, 6.45) is 2.15. The molecule has 51 heavy (non-hydrogen) atoms. The molecule has 3 nitrogen and oxygen atoms in total. The molecule has 0 fully saturated rings. The quantitative estimate of drug-likeness (QED) is 0.205. The van der Waals surface area contributed by atoms with E-state index in [1.54, 1.807) is 0 Å². The summed E-state index contributed by atoms with van der Waals surface area (Å²) in [4.78, 5) is 3.76. The predicted octanol–water partition coefficient (Wildman–Crippen LogP) is 12.0. The average Bonchev–Trinajstić information content (AvgIpc) is 3.88. The van der Waals surface area contributed by atoms with Crippen LogP contribution in [0.25, 0.3) is 99.7 Å². The number of H-pyrrole nitrogens is 1. The van der Waals surface area contributed by atoms with E-state index in [4.69, 9.17) is 8.83 Å². The number of rotatable bonds is 4. The lowest BCUT2D eigenvalue weighted by Crippen LogP contribution is -2.22. The summed E-state index contributed by atoms with van der Waals surface area (Å²) in [6, 6.07) is 53.9. The van der Waals surface area contributed by atoms with Gasteiger partial charge in [0.15, 0.2) is 0 Å². The van der Waals surface area contributed by atoms with E-state index in [1.807, 2.05) is 24.3 Å². The molecule has 0 amide bonds. The predicted molar refractivity (Wildman–Crippen MR) is 213 cm³/mol. The fraction of sp³-hybridized carbons (Fsp3) is 0.0417. The van der Waals surface area contributed by atoms with Crippen molar-refractivity contribution in [3.63, 3.8) is 0 Å². The van der Waals surface area contributed by atoms with E-state index < -0.39 is 0 Å². The smallest absolute Gasteiger partial charge is 0.138 e. The summed E-state index contributed by atoms with van der Waals surface area (Å²) in [5.74, 6) is 0. The van der Waals surface area contributed by atoms with Gasteiger partial charge >= 0.3 is 0 Å². The fourth-order valence-corrected chi connectivity index (χ4v) is 7.81. The molecule has 0 aliphatic heterocycles. The molecular formula is C48H33NO2. The van der Waals surface area contributed by atoms with Crippen molar-refractivity contribution in [3.05, 3.63) is 168 Å². The van der Waals surface area contributed by atoms with E-state index >= 15 is 0 Å². The van der Waals surface area contributed by atoms with E-state index in [9.17, 15) is 0 Å². The maximum Gasteiger partial charge on any atom is 0.138 e. The van der Waals surface area contributed by atoms with Crippen molar-refractivity contribution in [1.82, 2.24) is 4.98 Å². The van der Waals surface area contributed by atoms with Crippen molar-refractivity contribution in [2.45, 2.75) is 13.8 Å². The topological polar surface area (TPSA) is 42.1 Å². The highest BCUT2D eigenvalue weighted by atomic mass is 16.3. The molecule has 3 aromatic heterocycles. The number of hydrogen-bond acceptors (Lipinski definition) is 2. The molecule has 1 N–H and O–H groups in total. The normalized spacial score (nSPS) is 12.9. The van der Waals surface area contributed by atoms with Crippen LogP contribution < -0.4 is 10.6 Å². The van der Waals surface area contributed by atoms with Gasteiger partial charge in [-0.15, -0.1) is 0 Å². The third-order valence-corrected chi connectivity index (χ3v) is 10.4. The highest BCUT2D eigenvalue weighted by Gasteiger charge is 2.14. The summed E-state index contributed by atoms with van der Waals surface area (Å²) in [5.41, 5.74) is 15.2. The summed E-state index contributed by atoms with van der Waals surface area (Å²) in [7, 11) is 0. The molecule has 0 saturated heterocycles. The Bertz CT molecular complexity index is 3110. The molecule has 10 rings (SSSR count). The van der Waals surface area contributed by atoms with E-state index in [0.29, 0.717) is 0 Å². The van der Waals surface area contributed by atoms with Crippen LogP contribution >= 0.6 is 0 Å². The first-order chi connectivity index (χ1) is 25.1. The monoisotopic (exact) mass is 655 g/mol. The molecule has 7 aromatic carbocycles. The summed E-state index contributed by atoms with van der Waals surface area (Å²) >= 11 is 0. The van der Waals surface area contributed by atoms with Crippen LogP contribution in [0.4, 0.5) is 0 Å². The zero-order valence-corrected chi connectivity index (χ0v) is 28.3. The maximum absolute atomic E-state index is 6.39. The number of benzene rings is 7. The van der Waals surface area contributed by atoms with Crippen LogP contribution in [-0.2, 0) is 0 Å². The number of fused-ring (bicyclic) bond motifs is 7. The van der Waals surface area contributed by atoms with Gasteiger partial charge in [-0.05, 0) is 101 Å². The van der Waals surface area contributed by atoms with Crippen LogP contribution in [-0.4, -0.2) is 4.98 Å². The van der Waals surface area contributed by atoms with Gasteiger partial charge in [0.05, 0.1) is 5.52 Å². The number of furan rings is 2. The van der Waals surface area contributed by atoms with Crippen molar-refractivity contribution in [2.24, 2.45) is 0 Å². The second kappa shape index (κ2) is 11.5. The Labute approximate surface area is 294 Å². The van der Waals surface area contributed by atoms with Crippen LogP contribution in [0.5, 0.6) is 0 Å². The standard InChI is InChI=1S/C48H33NO2/c1-3-36-38-15-4-7-20-45(38)51-48(36)29(2)30-22-24-43-42(27-30)41-18-10-17-37(47(41)49-43)35-14-9-13-33(26-35)31-11-8-12-32(25-31)34-21-23-40-39-16-5-6-19-44(39)50-46(40)28-34/h3-28,49H,1-2H3/b36-3-,48-29-. The molecule has 0 atom stereocenters. The number of hydrogen-bond donors (Lipinski definition) is 1. The minimum absolute atomic E-state index is 0.909. The molecule has 0 saturated carbocycles. The minimum atomic E-state index is 0.909. The lowest BCUT2D eigenvalue weighted by Gasteiger charge is -2.09. The average molecular weight is 656 g/mol. The Kier molecular flexibility index (Phi) is 6.62. The largest absolute Gasteiger partial charge is 0.456 e. The first-order valence-electron chi connectivity index (χ1n) is 17.5. The van der Waals surface area contributed by atoms with Crippen molar-refractivity contribution >= 4 is 66.4 Å². The Morgan fingerprint density at radius 3 is 1.90 bits per heavy atom. The first kappa shape index (κ1) is 29.3. The molecule has 0 spiro atoms. The van der Waals surface area contributed by atoms with Gasteiger partial charge in [0.1, 0.15) is 22.2 Å². The molecule has 3 heterocycles. The zero-order valence-electron chi connectivity index (χ0n) is 28.3. The molecule has 10 aromatic rings. The Hall–Kier alpha value is -6.58. The van der Waals surface area contributed by atoms with Crippen molar-refractivity contribution in [1.29, 1.82) is 0 Å². The number of para-hydroxylation sites is 3. The van der Waals surface area contributed by atoms with Gasteiger partial charge in [-0.1, -0.05) is 109 Å². The summed E-state index contributed by atoms with van der Waals surface area (Å²) in [5, 5.41) is 6.98. The van der Waals surface area contributed by atoms with Crippen molar-refractivity contribution in [3.8, 4) is 33.4 Å². The molecule has 0 aliphatic carbocycles. The summed E-state index contributed by atoms with van der Waals surface area (Å²) in [6.45, 7) is 4.23. The van der Waals surface area contributed by atoms with Gasteiger partial charge in [-0.25, -0.2) is 0 Å². The SMILES string of the molecule is C/C=c1\c(=C(/C)c2ccc3[nH]c4c(-c5cccc(-c6cccc(-c7ccc8c(c7)oc7ccccc78)c6)c5)cccc4c3c2)oc2ccccc12. The van der Waals surface area contributed by atoms with Crippen LogP contribution in [0.2, 0.25) is 0 Å². The lowest BCUT2D eigenvalue weighted by atomic mass is 9.95.